The Morgan fingerprint density at radius 3 is 1.89 bits per heavy atom. The lowest BCUT2D eigenvalue weighted by atomic mass is 9.99. The molecule has 0 spiro atoms. The summed E-state index contributed by atoms with van der Waals surface area (Å²) in [5, 5.41) is 53.1. The molecule has 9 nitrogen and oxygen atoms in total. The minimum atomic E-state index is -1.56. The lowest BCUT2D eigenvalue weighted by Crippen LogP contribution is -2.60. The number of nitrogens with one attached hydrogen (secondary N) is 1. The summed E-state index contributed by atoms with van der Waals surface area (Å²) in [4.78, 5) is 12.7. The number of allylic oxidation sites excluding steroid dienone is 3. The molecular weight excluding hydrogens is 562 g/mol. The Kier molecular flexibility index (Phi) is 24.8. The average Bonchev–Trinajstić information content (AvgIpc) is 3.02. The monoisotopic (exact) mass is 627 g/mol. The van der Waals surface area contributed by atoms with Crippen molar-refractivity contribution in [2.24, 2.45) is 0 Å². The first-order valence-corrected chi connectivity index (χ1v) is 17.6. The van der Waals surface area contributed by atoms with E-state index >= 15 is 0 Å². The van der Waals surface area contributed by atoms with Crippen molar-refractivity contribution in [3.05, 3.63) is 24.3 Å². The predicted octanol–water partition coefficient (Wildman–Crippen LogP) is 5.21. The molecule has 1 saturated heterocycles. The lowest BCUT2D eigenvalue weighted by Gasteiger charge is -2.40. The van der Waals surface area contributed by atoms with Crippen LogP contribution in [0.2, 0.25) is 0 Å². The number of carbonyl (C=O) groups is 1. The normalized spacial score (nSPS) is 23.8. The standard InChI is InChI=1S/C35H65NO8/c1-3-5-7-8-9-10-11-12-13-14-15-16-17-18-19-20-21-23-25-31(39)36-28(29(38)24-22-6-4-2)27-43-35-34(42)33(41)32(40)30(26-37)44-35/h13-14,22,24,28-30,32-35,37-38,40-42H,3-12,15-21,23,25-27H2,1-2H3,(H,36,39)/b14-13-,24-22+. The van der Waals surface area contributed by atoms with Crippen LogP contribution in [0, 0.1) is 0 Å². The second kappa shape index (κ2) is 26.8. The van der Waals surface area contributed by atoms with Crippen LogP contribution in [0.25, 0.3) is 0 Å². The first-order chi connectivity index (χ1) is 21.3. The van der Waals surface area contributed by atoms with Crippen LogP contribution in [0.4, 0.5) is 0 Å². The van der Waals surface area contributed by atoms with Crippen LogP contribution in [-0.4, -0.2) is 87.5 Å². The van der Waals surface area contributed by atoms with Crippen molar-refractivity contribution in [1.29, 1.82) is 0 Å². The predicted molar refractivity (Wildman–Crippen MR) is 175 cm³/mol. The summed E-state index contributed by atoms with van der Waals surface area (Å²) in [5.74, 6) is -0.196. The van der Waals surface area contributed by atoms with Crippen molar-refractivity contribution in [2.75, 3.05) is 13.2 Å². The van der Waals surface area contributed by atoms with Gasteiger partial charge in [0.05, 0.1) is 25.4 Å². The first-order valence-electron chi connectivity index (χ1n) is 17.6. The maximum absolute atomic E-state index is 12.7. The largest absolute Gasteiger partial charge is 0.394 e. The van der Waals surface area contributed by atoms with E-state index in [-0.39, 0.29) is 12.5 Å². The highest BCUT2D eigenvalue weighted by atomic mass is 16.7. The molecule has 0 aliphatic carbocycles. The van der Waals surface area contributed by atoms with Gasteiger partial charge in [-0.1, -0.05) is 115 Å². The molecule has 1 aliphatic heterocycles. The van der Waals surface area contributed by atoms with Crippen LogP contribution in [0.1, 0.15) is 136 Å². The van der Waals surface area contributed by atoms with Crippen molar-refractivity contribution in [3.63, 3.8) is 0 Å². The summed E-state index contributed by atoms with van der Waals surface area (Å²) in [7, 11) is 0. The van der Waals surface area contributed by atoms with Crippen LogP contribution >= 0.6 is 0 Å². The fourth-order valence-electron chi connectivity index (χ4n) is 5.33. The van der Waals surface area contributed by atoms with Crippen LogP contribution in [0.5, 0.6) is 0 Å². The van der Waals surface area contributed by atoms with E-state index in [0.717, 1.165) is 38.5 Å². The Morgan fingerprint density at radius 1 is 0.750 bits per heavy atom. The molecule has 6 N–H and O–H groups in total. The smallest absolute Gasteiger partial charge is 0.220 e. The molecule has 7 atom stereocenters. The zero-order chi connectivity index (χ0) is 32.4. The van der Waals surface area contributed by atoms with Gasteiger partial charge in [0.1, 0.15) is 24.4 Å². The number of hydrogen-bond donors (Lipinski definition) is 6. The van der Waals surface area contributed by atoms with Gasteiger partial charge in [0.25, 0.3) is 0 Å². The van der Waals surface area contributed by atoms with E-state index < -0.39 is 49.5 Å². The summed E-state index contributed by atoms with van der Waals surface area (Å²) < 4.78 is 11.0. The van der Waals surface area contributed by atoms with Gasteiger partial charge in [-0.05, 0) is 38.5 Å². The van der Waals surface area contributed by atoms with Gasteiger partial charge in [0, 0.05) is 6.42 Å². The fourth-order valence-corrected chi connectivity index (χ4v) is 5.33. The quantitative estimate of drug-likeness (QED) is 0.0537. The molecule has 0 bridgehead atoms. The van der Waals surface area contributed by atoms with E-state index in [1.165, 1.54) is 77.0 Å². The van der Waals surface area contributed by atoms with Crippen LogP contribution in [-0.2, 0) is 14.3 Å². The summed E-state index contributed by atoms with van der Waals surface area (Å²) in [6, 6.07) is -0.799. The Bertz CT molecular complexity index is 746. The van der Waals surface area contributed by atoms with E-state index in [4.69, 9.17) is 9.47 Å². The second-order valence-electron chi connectivity index (χ2n) is 12.3. The summed E-state index contributed by atoms with van der Waals surface area (Å²) >= 11 is 0. The highest BCUT2D eigenvalue weighted by molar-refractivity contribution is 5.76. The third-order valence-corrected chi connectivity index (χ3v) is 8.25. The van der Waals surface area contributed by atoms with Crippen molar-refractivity contribution >= 4 is 5.91 Å². The summed E-state index contributed by atoms with van der Waals surface area (Å²) in [6.45, 7) is 3.52. The van der Waals surface area contributed by atoms with Crippen molar-refractivity contribution in [1.82, 2.24) is 5.32 Å². The van der Waals surface area contributed by atoms with Crippen LogP contribution < -0.4 is 5.32 Å². The summed E-state index contributed by atoms with van der Waals surface area (Å²) in [5.41, 5.74) is 0. The topological polar surface area (TPSA) is 149 Å². The number of aliphatic hydroxyl groups excluding tert-OH is 5. The number of aliphatic hydroxyl groups is 5. The molecular formula is C35H65NO8. The Hall–Kier alpha value is -1.33. The molecule has 44 heavy (non-hydrogen) atoms. The molecule has 9 heteroatoms. The molecule has 0 aromatic carbocycles. The SMILES string of the molecule is CCC/C=C/C(O)C(COC1OC(CO)C(O)C(O)C1O)NC(=O)CCCCCCCCC/C=C\CCCCCCCCC. The molecule has 0 radical (unpaired) electrons. The second-order valence-corrected chi connectivity index (χ2v) is 12.3. The molecule has 1 fully saturated rings. The van der Waals surface area contributed by atoms with E-state index in [2.05, 4.69) is 24.4 Å². The maximum atomic E-state index is 12.7. The molecule has 1 rings (SSSR count). The number of rotatable bonds is 27. The number of unbranched alkanes of at least 4 members (excludes halogenated alkanes) is 15. The molecule has 1 aliphatic rings. The third kappa shape index (κ3) is 18.6. The van der Waals surface area contributed by atoms with Gasteiger partial charge in [0.15, 0.2) is 6.29 Å². The number of amides is 1. The maximum Gasteiger partial charge on any atom is 0.220 e. The molecule has 7 unspecified atom stereocenters. The summed E-state index contributed by atoms with van der Waals surface area (Å²) in [6.07, 6.45) is 21.7. The molecule has 0 saturated carbocycles. The zero-order valence-corrected chi connectivity index (χ0v) is 27.7. The molecule has 0 aromatic heterocycles. The Labute approximate surface area is 267 Å². The molecule has 1 heterocycles. The van der Waals surface area contributed by atoms with Crippen LogP contribution in [0.15, 0.2) is 24.3 Å². The van der Waals surface area contributed by atoms with E-state index in [1.807, 2.05) is 13.0 Å². The van der Waals surface area contributed by atoms with Gasteiger partial charge in [0.2, 0.25) is 5.91 Å². The van der Waals surface area contributed by atoms with Gasteiger partial charge in [-0.3, -0.25) is 4.79 Å². The van der Waals surface area contributed by atoms with E-state index in [1.54, 1.807) is 6.08 Å². The highest BCUT2D eigenvalue weighted by Crippen LogP contribution is 2.22. The van der Waals surface area contributed by atoms with Gasteiger partial charge in [-0.2, -0.15) is 0 Å². The van der Waals surface area contributed by atoms with Crippen molar-refractivity contribution in [2.45, 2.75) is 179 Å². The van der Waals surface area contributed by atoms with Gasteiger partial charge in [-0.15, -0.1) is 0 Å². The van der Waals surface area contributed by atoms with Crippen molar-refractivity contribution in [3.8, 4) is 0 Å². The minimum Gasteiger partial charge on any atom is -0.394 e. The lowest BCUT2D eigenvalue weighted by molar-refractivity contribution is -0.302. The fraction of sp³-hybridized carbons (Fsp3) is 0.857. The van der Waals surface area contributed by atoms with Gasteiger partial charge in [-0.25, -0.2) is 0 Å². The molecule has 1 amide bonds. The van der Waals surface area contributed by atoms with Crippen LogP contribution in [0.3, 0.4) is 0 Å². The zero-order valence-electron chi connectivity index (χ0n) is 27.7. The van der Waals surface area contributed by atoms with Gasteiger partial charge >= 0.3 is 0 Å². The van der Waals surface area contributed by atoms with E-state index in [0.29, 0.717) is 6.42 Å². The number of carbonyl (C=O) groups excluding carboxylic acids is 1. The van der Waals surface area contributed by atoms with E-state index in [9.17, 15) is 30.3 Å². The van der Waals surface area contributed by atoms with Gasteiger partial charge < -0.3 is 40.3 Å². The molecule has 0 aromatic rings. The molecule has 258 valence electrons. The third-order valence-electron chi connectivity index (χ3n) is 8.25. The number of ether oxygens (including phenoxy) is 2. The average molecular weight is 628 g/mol. The Morgan fingerprint density at radius 2 is 1.32 bits per heavy atom. The highest BCUT2D eigenvalue weighted by Gasteiger charge is 2.44. The Balaban J connectivity index is 2.25. The number of hydrogen-bond acceptors (Lipinski definition) is 8. The minimum absolute atomic E-state index is 0.194. The first kappa shape index (κ1) is 40.7. The van der Waals surface area contributed by atoms with Crippen molar-refractivity contribution < 1.29 is 39.8 Å².